The van der Waals surface area contributed by atoms with E-state index in [1.165, 1.54) is 24.6 Å². The van der Waals surface area contributed by atoms with Gasteiger partial charge in [-0.3, -0.25) is 4.79 Å². The lowest BCUT2D eigenvalue weighted by atomic mass is 9.70. The fourth-order valence-electron chi connectivity index (χ4n) is 12.8. The lowest BCUT2D eigenvalue weighted by Crippen LogP contribution is -2.59. The van der Waals surface area contributed by atoms with E-state index in [9.17, 15) is 29.7 Å². The second kappa shape index (κ2) is 23.5. The van der Waals surface area contributed by atoms with Crippen molar-refractivity contribution < 1.29 is 81.8 Å². The van der Waals surface area contributed by atoms with Gasteiger partial charge in [-0.05, 0) is 87.8 Å². The molecule has 4 saturated heterocycles. The van der Waals surface area contributed by atoms with E-state index in [0.29, 0.717) is 42.7 Å². The number of methoxy groups -OCH3 is 2. The number of hydrogen-bond donors (Lipinski definition) is 3. The van der Waals surface area contributed by atoms with Crippen molar-refractivity contribution in [2.24, 2.45) is 23.7 Å². The highest BCUT2D eigenvalue weighted by Crippen LogP contribution is 2.48. The van der Waals surface area contributed by atoms with Gasteiger partial charge in [0.2, 0.25) is 0 Å². The highest BCUT2D eigenvalue weighted by Gasteiger charge is 2.61. The van der Waals surface area contributed by atoms with Crippen LogP contribution in [0.1, 0.15) is 126 Å². The molecule has 5 fully saturated rings. The maximum Gasteiger partial charge on any atom is 0.339 e. The van der Waals surface area contributed by atoms with E-state index in [-0.39, 0.29) is 42.1 Å². The average Bonchev–Trinajstić information content (AvgIpc) is 3.75. The summed E-state index contributed by atoms with van der Waals surface area (Å²) in [6, 6.07) is 5.74. The molecule has 2 aliphatic carbocycles. The summed E-state index contributed by atoms with van der Waals surface area (Å²) in [5.74, 6) is -5.13. The van der Waals surface area contributed by atoms with Crippen LogP contribution in [-0.2, 0) is 56.9 Å². The molecule has 9 rings (SSSR count). The molecule has 412 valence electrons. The Balaban J connectivity index is 1.04. The van der Waals surface area contributed by atoms with E-state index in [1.54, 1.807) is 52.4 Å². The molecule has 2 bridgehead atoms. The Labute approximate surface area is 440 Å². The van der Waals surface area contributed by atoms with Gasteiger partial charge in [-0.25, -0.2) is 9.59 Å². The van der Waals surface area contributed by atoms with Crippen LogP contribution in [-0.4, -0.2) is 151 Å². The molecule has 0 amide bonds. The number of aliphatic hydroxyl groups is 2. The van der Waals surface area contributed by atoms with Gasteiger partial charge >= 0.3 is 17.9 Å². The normalized spacial score (nSPS) is 43.5. The summed E-state index contributed by atoms with van der Waals surface area (Å²) < 4.78 is 70.8. The zero-order valence-electron chi connectivity index (χ0n) is 44.6. The van der Waals surface area contributed by atoms with E-state index >= 15 is 0 Å². The summed E-state index contributed by atoms with van der Waals surface area (Å²) in [6.45, 7) is 11.5. The number of allylic oxidation sites excluding steroid dienone is 2. The standard InChI is InChI=1S/C58H78O17/c1-31-15-14-18-38-30-67-53-51(73-55(62)42-20-13-12-19-41(42)54(60)61)34(4)25-43(58(38,53)64)56(63)70-40-26-39(74-57(29-40)24-23-33(3)50(75-57)37-16-10-9-11-17-37)22-21-32(2)49(31)71-47-28-45(66-8)52(36(6)69-47)72-46-27-44(65-7)48(59)35(5)68-46/h12-15,18-21,23-25,31,33,35-37,39-40,43-53,59,64H,9-11,16-17,22,26-30H2,1-8H3,(H,60,61)/b15-14+,32-21+,38-18+/t31-,33-,35-,36-,39+,40-,43-,44-,45-,46-,47-,48-,49-,50-,51+,52-,53+,57+,58+/m0/s1. The Morgan fingerprint density at radius 1 is 0.800 bits per heavy atom. The van der Waals surface area contributed by atoms with Crippen LogP contribution in [0.2, 0.25) is 0 Å². The molecule has 1 spiro atoms. The Kier molecular flexibility index (Phi) is 17.4. The molecule has 0 unspecified atom stereocenters. The molecule has 0 radical (unpaired) electrons. The maximum absolute atomic E-state index is 14.9. The van der Waals surface area contributed by atoms with Gasteiger partial charge in [0.15, 0.2) is 24.5 Å². The number of hydrogen-bond acceptors (Lipinski definition) is 16. The number of aromatic carboxylic acids is 1. The second-order valence-electron chi connectivity index (χ2n) is 22.2. The molecule has 17 heteroatoms. The minimum atomic E-state index is -2.06. The molecular weight excluding hydrogens is 969 g/mol. The fraction of sp³-hybridized carbons (Fsp3) is 0.672. The van der Waals surface area contributed by atoms with Gasteiger partial charge in [0.25, 0.3) is 0 Å². The number of carbonyl (C=O) groups excluding carboxylic acids is 2. The highest BCUT2D eigenvalue weighted by atomic mass is 16.7. The number of benzene rings is 1. The first-order valence-corrected chi connectivity index (χ1v) is 27.1. The Hall–Kier alpha value is -4.11. The summed E-state index contributed by atoms with van der Waals surface area (Å²) in [4.78, 5) is 40.9. The number of carbonyl (C=O) groups is 3. The molecule has 0 aromatic heterocycles. The van der Waals surface area contributed by atoms with E-state index in [4.69, 9.17) is 52.1 Å². The summed E-state index contributed by atoms with van der Waals surface area (Å²) in [5, 5.41) is 33.6. The van der Waals surface area contributed by atoms with Crippen LogP contribution in [0.15, 0.2) is 83.5 Å². The third kappa shape index (κ3) is 11.7. The predicted octanol–water partition coefficient (Wildman–Crippen LogP) is 7.47. The van der Waals surface area contributed by atoms with E-state index in [1.807, 2.05) is 32.9 Å². The number of esters is 2. The van der Waals surface area contributed by atoms with Crippen molar-refractivity contribution in [1.29, 1.82) is 0 Å². The van der Waals surface area contributed by atoms with Gasteiger partial charge < -0.3 is 67.4 Å². The molecule has 1 aromatic rings. The Bertz CT molecular complexity index is 2370. The predicted molar refractivity (Wildman–Crippen MR) is 271 cm³/mol. The van der Waals surface area contributed by atoms with Gasteiger partial charge in [0.1, 0.15) is 35.9 Å². The van der Waals surface area contributed by atoms with Crippen molar-refractivity contribution in [2.45, 2.75) is 203 Å². The minimum absolute atomic E-state index is 0.0884. The SMILES string of the molecule is CO[C@H]1C[C@H](O[C@H]2[C@H](C)O[C@@H](O[C@@H]3/C(C)=C/C[C@@H]4C[C@@H](C[C@]5(C=C[C@H](C)[C@@H](C6CCCCC6)O5)O4)OC(=O)[C@@H]4C=C(C)[C@@H](OC(=O)c5ccccc5C(=O)O)[C@H]5OC/C(=C\C=C\[C@@H]3C)[C@]54O)C[C@@H]2OC)O[C@@H](C)[C@@H]1O. The second-order valence-corrected chi connectivity index (χ2v) is 22.2. The first-order valence-electron chi connectivity index (χ1n) is 27.1. The molecule has 3 N–H and O–H groups in total. The van der Waals surface area contributed by atoms with Crippen molar-refractivity contribution >= 4 is 17.9 Å². The molecule has 6 aliphatic heterocycles. The van der Waals surface area contributed by atoms with Gasteiger partial charge in [0, 0.05) is 51.7 Å². The van der Waals surface area contributed by atoms with Crippen LogP contribution in [0.5, 0.6) is 0 Å². The van der Waals surface area contributed by atoms with E-state index in [0.717, 1.165) is 31.3 Å². The van der Waals surface area contributed by atoms with Gasteiger partial charge in [-0.15, -0.1) is 0 Å². The van der Waals surface area contributed by atoms with Crippen LogP contribution in [0.3, 0.4) is 0 Å². The third-order valence-corrected chi connectivity index (χ3v) is 17.0. The number of ether oxygens (including phenoxy) is 11. The summed E-state index contributed by atoms with van der Waals surface area (Å²) in [5.41, 5.74) is -0.752. The zero-order chi connectivity index (χ0) is 53.3. The van der Waals surface area contributed by atoms with Crippen molar-refractivity contribution in [3.05, 3.63) is 94.6 Å². The fourth-order valence-corrected chi connectivity index (χ4v) is 12.8. The molecular formula is C58H78O17. The van der Waals surface area contributed by atoms with Gasteiger partial charge in [-0.1, -0.05) is 81.7 Å². The Morgan fingerprint density at radius 2 is 1.51 bits per heavy atom. The van der Waals surface area contributed by atoms with Crippen molar-refractivity contribution in [3.8, 4) is 0 Å². The highest BCUT2D eigenvalue weighted by molar-refractivity contribution is 6.02. The number of rotatable bonds is 10. The van der Waals surface area contributed by atoms with Crippen LogP contribution in [0.4, 0.5) is 0 Å². The van der Waals surface area contributed by atoms with Crippen molar-refractivity contribution in [2.75, 3.05) is 20.8 Å². The lowest BCUT2D eigenvalue weighted by Gasteiger charge is -2.49. The average molecular weight is 1050 g/mol. The molecule has 6 heterocycles. The zero-order valence-corrected chi connectivity index (χ0v) is 44.6. The topological polar surface area (TPSA) is 213 Å². The Morgan fingerprint density at radius 3 is 2.24 bits per heavy atom. The summed E-state index contributed by atoms with van der Waals surface area (Å²) >= 11 is 0. The molecule has 8 aliphatic rings. The maximum atomic E-state index is 14.9. The quantitative estimate of drug-likeness (QED) is 0.153. The largest absolute Gasteiger partial charge is 0.478 e. The summed E-state index contributed by atoms with van der Waals surface area (Å²) in [7, 11) is 3.19. The smallest absolute Gasteiger partial charge is 0.339 e. The van der Waals surface area contributed by atoms with E-state index < -0.39 is 115 Å². The number of aliphatic hydroxyl groups excluding tert-OH is 1. The van der Waals surface area contributed by atoms with E-state index in [2.05, 4.69) is 19.1 Å². The monoisotopic (exact) mass is 1050 g/mol. The van der Waals surface area contributed by atoms with Crippen molar-refractivity contribution in [1.82, 2.24) is 0 Å². The molecule has 17 nitrogen and oxygen atoms in total. The third-order valence-electron chi connectivity index (χ3n) is 17.0. The molecule has 75 heavy (non-hydrogen) atoms. The lowest BCUT2D eigenvalue weighted by molar-refractivity contribution is -0.318. The molecule has 1 saturated carbocycles. The van der Waals surface area contributed by atoms with Crippen LogP contribution < -0.4 is 0 Å². The number of carboxylic acids is 1. The van der Waals surface area contributed by atoms with Crippen LogP contribution in [0, 0.1) is 23.7 Å². The molecule has 1 aromatic carbocycles. The van der Waals surface area contributed by atoms with Gasteiger partial charge in [0.05, 0.1) is 60.5 Å². The first kappa shape index (κ1) is 55.6. The van der Waals surface area contributed by atoms with Crippen LogP contribution >= 0.6 is 0 Å². The van der Waals surface area contributed by atoms with Gasteiger partial charge in [-0.2, -0.15) is 0 Å². The molecule has 19 atom stereocenters. The first-order chi connectivity index (χ1) is 35.9. The minimum Gasteiger partial charge on any atom is -0.478 e. The number of fused-ring (bicyclic) bond motifs is 2. The van der Waals surface area contributed by atoms with Crippen molar-refractivity contribution in [3.63, 3.8) is 0 Å². The number of carboxylic acid groups (broad SMARTS) is 1. The summed E-state index contributed by atoms with van der Waals surface area (Å²) in [6.07, 6.45) is 12.0. The van der Waals surface area contributed by atoms with Crippen LogP contribution in [0.25, 0.3) is 0 Å².